The topological polar surface area (TPSA) is 156 Å². The summed E-state index contributed by atoms with van der Waals surface area (Å²) >= 11 is 0. The van der Waals surface area contributed by atoms with Gasteiger partial charge in [0, 0.05) is 6.42 Å². The van der Waals surface area contributed by atoms with E-state index in [4.69, 9.17) is 15.9 Å². The van der Waals surface area contributed by atoms with Crippen LogP contribution < -0.4 is 11.1 Å². The van der Waals surface area contributed by atoms with Crippen LogP contribution >= 0.6 is 0 Å². The van der Waals surface area contributed by atoms with Crippen LogP contribution in [0.3, 0.4) is 0 Å². The summed E-state index contributed by atoms with van der Waals surface area (Å²) < 4.78 is 4.34. The number of rotatable bonds is 8. The molecule has 0 rings (SSSR count). The molecule has 108 valence electrons. The van der Waals surface area contributed by atoms with Gasteiger partial charge in [0.25, 0.3) is 0 Å². The lowest BCUT2D eigenvalue weighted by atomic mass is 10.1. The number of esters is 1. The molecule has 1 amide bonds. The molecule has 0 radical (unpaired) electrons. The Bertz CT molecular complexity index is 369. The summed E-state index contributed by atoms with van der Waals surface area (Å²) in [5.41, 5.74) is 5.13. The van der Waals surface area contributed by atoms with Crippen LogP contribution in [0.4, 0.5) is 0 Å². The standard InChI is InChI=1S/C10H16N2O7/c1-19-8(14)3-2-6(10(17)18)12-7(13)4-5(11)9(15)16/h5-6H,2-4,11H2,1H3,(H,12,13)(H,15,16)(H,17,18). The SMILES string of the molecule is COC(=O)CCC(NC(=O)CC(N)C(=O)O)C(=O)O. The first-order valence-electron chi connectivity index (χ1n) is 5.35. The smallest absolute Gasteiger partial charge is 0.326 e. The zero-order valence-electron chi connectivity index (χ0n) is 10.3. The fraction of sp³-hybridized carbons (Fsp3) is 0.600. The molecule has 5 N–H and O–H groups in total. The van der Waals surface area contributed by atoms with Gasteiger partial charge >= 0.3 is 17.9 Å². The lowest BCUT2D eigenvalue weighted by molar-refractivity contribution is -0.144. The number of aliphatic carboxylic acids is 2. The first kappa shape index (κ1) is 16.8. The Kier molecular flexibility index (Phi) is 7.12. The van der Waals surface area contributed by atoms with Crippen molar-refractivity contribution in [2.45, 2.75) is 31.3 Å². The molecule has 0 aliphatic carbocycles. The molecule has 0 heterocycles. The highest BCUT2D eigenvalue weighted by molar-refractivity contribution is 5.87. The molecule has 0 saturated carbocycles. The summed E-state index contributed by atoms with van der Waals surface area (Å²) in [5, 5.41) is 19.4. The van der Waals surface area contributed by atoms with E-state index < -0.39 is 42.3 Å². The Labute approximate surface area is 108 Å². The Morgan fingerprint density at radius 2 is 1.79 bits per heavy atom. The maximum atomic E-state index is 11.4. The predicted molar refractivity (Wildman–Crippen MR) is 61.0 cm³/mol. The number of ether oxygens (including phenoxy) is 1. The monoisotopic (exact) mass is 276 g/mol. The third kappa shape index (κ3) is 6.99. The van der Waals surface area contributed by atoms with Gasteiger partial charge in [-0.2, -0.15) is 0 Å². The molecule has 0 fully saturated rings. The second-order valence-electron chi connectivity index (χ2n) is 3.72. The average Bonchev–Trinajstić information content (AvgIpc) is 2.33. The second kappa shape index (κ2) is 8.03. The molecular formula is C10H16N2O7. The largest absolute Gasteiger partial charge is 0.480 e. The highest BCUT2D eigenvalue weighted by Gasteiger charge is 2.23. The summed E-state index contributed by atoms with van der Waals surface area (Å²) in [6.45, 7) is 0. The number of hydrogen-bond donors (Lipinski definition) is 4. The summed E-state index contributed by atoms with van der Waals surface area (Å²) in [6.07, 6.45) is -0.883. The normalized spacial score (nSPS) is 13.2. The number of carboxylic acid groups (broad SMARTS) is 2. The fourth-order valence-corrected chi connectivity index (χ4v) is 1.16. The third-order valence-corrected chi connectivity index (χ3v) is 2.22. The van der Waals surface area contributed by atoms with Gasteiger partial charge in [-0.05, 0) is 6.42 Å². The molecule has 0 aliphatic rings. The Hall–Kier alpha value is -2.16. The van der Waals surface area contributed by atoms with Crippen molar-refractivity contribution in [2.24, 2.45) is 5.73 Å². The molecular weight excluding hydrogens is 260 g/mol. The van der Waals surface area contributed by atoms with Gasteiger partial charge in [-0.25, -0.2) is 4.79 Å². The van der Waals surface area contributed by atoms with E-state index in [1.54, 1.807) is 0 Å². The maximum Gasteiger partial charge on any atom is 0.326 e. The fourth-order valence-electron chi connectivity index (χ4n) is 1.16. The van der Waals surface area contributed by atoms with Crippen molar-refractivity contribution in [3.05, 3.63) is 0 Å². The minimum Gasteiger partial charge on any atom is -0.480 e. The lowest BCUT2D eigenvalue weighted by Gasteiger charge is -2.14. The second-order valence-corrected chi connectivity index (χ2v) is 3.72. The van der Waals surface area contributed by atoms with E-state index in [1.165, 1.54) is 0 Å². The van der Waals surface area contributed by atoms with Gasteiger partial charge in [-0.15, -0.1) is 0 Å². The number of carbonyl (C=O) groups is 4. The number of nitrogens with two attached hydrogens (primary N) is 1. The van der Waals surface area contributed by atoms with Crippen LogP contribution in [0.15, 0.2) is 0 Å². The molecule has 0 aromatic carbocycles. The van der Waals surface area contributed by atoms with Crippen molar-refractivity contribution in [3.63, 3.8) is 0 Å². The van der Waals surface area contributed by atoms with Crippen molar-refractivity contribution >= 4 is 23.8 Å². The van der Waals surface area contributed by atoms with Crippen LogP contribution in [0.1, 0.15) is 19.3 Å². The first-order chi connectivity index (χ1) is 8.77. The molecule has 0 aliphatic heterocycles. The van der Waals surface area contributed by atoms with Crippen LogP contribution in [0.5, 0.6) is 0 Å². The highest BCUT2D eigenvalue weighted by Crippen LogP contribution is 2.01. The maximum absolute atomic E-state index is 11.4. The number of hydrogen-bond acceptors (Lipinski definition) is 6. The van der Waals surface area contributed by atoms with Gasteiger partial charge in [0.05, 0.1) is 13.5 Å². The van der Waals surface area contributed by atoms with Gasteiger partial charge in [-0.1, -0.05) is 0 Å². The van der Waals surface area contributed by atoms with E-state index >= 15 is 0 Å². The number of nitrogens with one attached hydrogen (secondary N) is 1. The van der Waals surface area contributed by atoms with Crippen LogP contribution in [-0.4, -0.2) is 53.2 Å². The van der Waals surface area contributed by atoms with E-state index in [2.05, 4.69) is 10.1 Å². The summed E-state index contributed by atoms with van der Waals surface area (Å²) in [5.74, 6) is -4.12. The summed E-state index contributed by atoms with van der Waals surface area (Å²) in [6, 6.07) is -2.71. The summed E-state index contributed by atoms with van der Waals surface area (Å²) in [4.78, 5) is 43.5. The van der Waals surface area contributed by atoms with Crippen molar-refractivity contribution in [3.8, 4) is 0 Å². The number of carboxylic acids is 2. The van der Waals surface area contributed by atoms with Crippen LogP contribution in [0, 0.1) is 0 Å². The van der Waals surface area contributed by atoms with Crippen molar-refractivity contribution < 1.29 is 34.1 Å². The third-order valence-electron chi connectivity index (χ3n) is 2.22. The van der Waals surface area contributed by atoms with E-state index in [1.807, 2.05) is 0 Å². The van der Waals surface area contributed by atoms with Gasteiger partial charge in [0.2, 0.25) is 5.91 Å². The minimum absolute atomic E-state index is 0.157. The lowest BCUT2D eigenvalue weighted by Crippen LogP contribution is -2.44. The van der Waals surface area contributed by atoms with E-state index in [-0.39, 0.29) is 12.8 Å². The van der Waals surface area contributed by atoms with Crippen molar-refractivity contribution in [1.29, 1.82) is 0 Å². The first-order valence-corrected chi connectivity index (χ1v) is 5.35. The molecule has 9 heteroatoms. The quantitative estimate of drug-likeness (QED) is 0.382. The van der Waals surface area contributed by atoms with Gasteiger partial charge in [-0.3, -0.25) is 14.4 Å². The predicted octanol–water partition coefficient (Wildman–Crippen LogP) is -1.69. The van der Waals surface area contributed by atoms with Crippen LogP contribution in [0.25, 0.3) is 0 Å². The van der Waals surface area contributed by atoms with E-state index in [9.17, 15) is 19.2 Å². The molecule has 0 aromatic heterocycles. The average molecular weight is 276 g/mol. The molecule has 0 aromatic rings. The zero-order chi connectivity index (χ0) is 15.0. The van der Waals surface area contributed by atoms with Gasteiger partial charge in [0.15, 0.2) is 0 Å². The van der Waals surface area contributed by atoms with Crippen molar-refractivity contribution in [1.82, 2.24) is 5.32 Å². The number of carbonyl (C=O) groups excluding carboxylic acids is 2. The molecule has 0 spiro atoms. The molecule has 2 unspecified atom stereocenters. The van der Waals surface area contributed by atoms with Crippen LogP contribution in [-0.2, 0) is 23.9 Å². The molecule has 0 saturated heterocycles. The molecule has 9 nitrogen and oxygen atoms in total. The highest BCUT2D eigenvalue weighted by atomic mass is 16.5. The summed E-state index contributed by atoms with van der Waals surface area (Å²) in [7, 11) is 1.16. The Morgan fingerprint density at radius 3 is 2.21 bits per heavy atom. The molecule has 2 atom stereocenters. The van der Waals surface area contributed by atoms with Crippen molar-refractivity contribution in [2.75, 3.05) is 7.11 Å². The minimum atomic E-state index is -1.41. The molecule has 19 heavy (non-hydrogen) atoms. The van der Waals surface area contributed by atoms with E-state index in [0.717, 1.165) is 7.11 Å². The Morgan fingerprint density at radius 1 is 1.21 bits per heavy atom. The number of amides is 1. The Balaban J connectivity index is 4.34. The number of methoxy groups -OCH3 is 1. The zero-order valence-corrected chi connectivity index (χ0v) is 10.3. The van der Waals surface area contributed by atoms with E-state index in [0.29, 0.717) is 0 Å². The van der Waals surface area contributed by atoms with Gasteiger partial charge in [0.1, 0.15) is 12.1 Å². The molecule has 0 bridgehead atoms. The van der Waals surface area contributed by atoms with Gasteiger partial charge < -0.3 is 26.0 Å². The van der Waals surface area contributed by atoms with Crippen LogP contribution in [0.2, 0.25) is 0 Å².